The Kier molecular flexibility index (Phi) is 14.3. The van der Waals surface area contributed by atoms with Crippen LogP contribution >= 0.6 is 6.75 Å². The number of nitrogens with zero attached hydrogens (tertiary/aromatic N) is 1. The fourth-order valence-corrected chi connectivity index (χ4v) is 20.4. The summed E-state index contributed by atoms with van der Waals surface area (Å²) >= 11 is 0. The van der Waals surface area contributed by atoms with E-state index in [9.17, 15) is 43.2 Å². The maximum absolute atomic E-state index is 14.0. The summed E-state index contributed by atoms with van der Waals surface area (Å²) in [6, 6.07) is 0. The summed E-state index contributed by atoms with van der Waals surface area (Å²) in [4.78, 5) is 0. The zero-order valence-electron chi connectivity index (χ0n) is 21.9. The Morgan fingerprint density at radius 1 is 0.500 bits per heavy atom. The first-order valence-corrected chi connectivity index (χ1v) is 18.7. The van der Waals surface area contributed by atoms with Crippen molar-refractivity contribution >= 4 is 26.8 Å². The van der Waals surface area contributed by atoms with Gasteiger partial charge in [0.1, 0.15) is 0 Å². The molecule has 0 spiro atoms. The van der Waals surface area contributed by atoms with Crippen molar-refractivity contribution in [2.75, 3.05) is 24.6 Å². The van der Waals surface area contributed by atoms with Gasteiger partial charge in [-0.3, -0.25) is 0 Å². The Morgan fingerprint density at radius 3 is 0.889 bits per heavy atom. The molecule has 5 nitrogen and oxygen atoms in total. The van der Waals surface area contributed by atoms with Crippen LogP contribution in [0.25, 0.3) is 0 Å². The van der Waals surface area contributed by atoms with Crippen LogP contribution in [-0.2, 0) is 20.0 Å². The number of hydrogen-bond acceptors (Lipinski definition) is 4. The van der Waals surface area contributed by atoms with Gasteiger partial charge in [-0.05, 0) is 0 Å². The third kappa shape index (κ3) is 8.43. The van der Waals surface area contributed by atoms with Gasteiger partial charge in [-0.1, -0.05) is 0 Å². The summed E-state index contributed by atoms with van der Waals surface area (Å²) in [5.74, 6) is 0. The first-order chi connectivity index (χ1) is 16.4. The van der Waals surface area contributed by atoms with Crippen LogP contribution in [0.15, 0.2) is 0 Å². The number of sulfonamides is 2. The average Bonchev–Trinajstić information content (AvgIpc) is 2.73. The van der Waals surface area contributed by atoms with Crippen LogP contribution in [-0.4, -0.2) is 56.0 Å². The molecule has 0 N–H and O–H groups in total. The molecule has 0 aliphatic heterocycles. The molecule has 0 aliphatic rings. The van der Waals surface area contributed by atoms with Crippen LogP contribution in [0.5, 0.6) is 0 Å². The van der Waals surface area contributed by atoms with E-state index in [-0.39, 0.29) is 50.3 Å². The van der Waals surface area contributed by atoms with Crippen LogP contribution in [0.3, 0.4) is 0 Å². The Bertz CT molecular complexity index is 765. The third-order valence-electron chi connectivity index (χ3n) is 6.80. The summed E-state index contributed by atoms with van der Waals surface area (Å²) in [6.07, 6.45) is 3.72. The molecule has 36 heavy (non-hydrogen) atoms. The van der Waals surface area contributed by atoms with Crippen molar-refractivity contribution in [2.24, 2.45) is 0 Å². The monoisotopic (exact) mass is 595 g/mol. The molecule has 0 aliphatic carbocycles. The van der Waals surface area contributed by atoms with Crippen LogP contribution < -0.4 is 0 Å². The second kappa shape index (κ2) is 14.3. The van der Waals surface area contributed by atoms with Crippen LogP contribution in [0.2, 0.25) is 0 Å². The molecule has 0 aromatic carbocycles. The van der Waals surface area contributed by atoms with Gasteiger partial charge in [0.25, 0.3) is 0 Å². The summed E-state index contributed by atoms with van der Waals surface area (Å²) in [7, 11) is -13.7. The molecular weight excluding hydrogens is 551 g/mol. The van der Waals surface area contributed by atoms with Crippen molar-refractivity contribution in [1.82, 2.24) is 3.48 Å². The van der Waals surface area contributed by atoms with E-state index in [0.717, 1.165) is 0 Å². The molecule has 0 bridgehead atoms. The Labute approximate surface area is 213 Å². The number of hydrogen-bond donors (Lipinski definition) is 0. The third-order valence-corrected chi connectivity index (χ3v) is 20.8. The van der Waals surface area contributed by atoms with E-state index in [1.165, 1.54) is 0 Å². The van der Waals surface area contributed by atoms with Gasteiger partial charge in [0.2, 0.25) is 0 Å². The first-order valence-electron chi connectivity index (χ1n) is 12.9. The Morgan fingerprint density at radius 2 is 0.722 bits per heavy atom. The molecule has 0 aromatic heterocycles. The van der Waals surface area contributed by atoms with Gasteiger partial charge in [0.15, 0.2) is 0 Å². The van der Waals surface area contributed by atoms with E-state index < -0.39 is 41.3 Å². The fourth-order valence-electron chi connectivity index (χ4n) is 4.98. The molecule has 0 unspecified atom stereocenters. The average molecular weight is 596 g/mol. The standard InChI is InChI=1S/C22H44F6NO4PS2/c1-5-9-13-17-34(18-14-10-6-2,19-15-11-7-3,20-16-12-8-4)29(35(30,31)21(23,24)25)36(32,33)22(26,27)28/h5-20H2,1-4H3. The fraction of sp³-hybridized carbons (Fsp3) is 1.00. The van der Waals surface area contributed by atoms with Gasteiger partial charge in [-0.2, -0.15) is 0 Å². The zero-order chi connectivity index (χ0) is 28.3. The van der Waals surface area contributed by atoms with Gasteiger partial charge < -0.3 is 0 Å². The van der Waals surface area contributed by atoms with Crippen LogP contribution in [0, 0.1) is 0 Å². The van der Waals surface area contributed by atoms with Crippen molar-refractivity contribution in [3.63, 3.8) is 0 Å². The van der Waals surface area contributed by atoms with Crippen LogP contribution in [0.1, 0.15) is 105 Å². The van der Waals surface area contributed by atoms with Crippen molar-refractivity contribution in [3.05, 3.63) is 0 Å². The molecular formula is C22H44F6NO4PS2. The minimum absolute atomic E-state index is 0.163. The quantitative estimate of drug-likeness (QED) is 0.0857. The zero-order valence-corrected chi connectivity index (χ0v) is 24.5. The van der Waals surface area contributed by atoms with Crippen molar-refractivity contribution in [1.29, 1.82) is 0 Å². The van der Waals surface area contributed by atoms with E-state index in [2.05, 4.69) is 0 Å². The van der Waals surface area contributed by atoms with Gasteiger partial charge in [-0.15, -0.1) is 0 Å². The SMILES string of the molecule is CCCCCP(CCCCC)(CCCCC)(CCCCC)N(S(=O)(=O)C(F)(F)F)S(=O)(=O)C(F)(F)F. The van der Waals surface area contributed by atoms with Crippen molar-refractivity contribution in [2.45, 2.75) is 116 Å². The van der Waals surface area contributed by atoms with Crippen LogP contribution in [0.4, 0.5) is 26.3 Å². The summed E-state index contributed by atoms with van der Waals surface area (Å²) < 4.78 is 135. The Balaban J connectivity index is 7.80. The molecule has 0 radical (unpaired) electrons. The molecule has 0 saturated heterocycles. The second-order valence-corrected chi connectivity index (χ2v) is 20.0. The van der Waals surface area contributed by atoms with E-state index in [0.29, 0.717) is 51.4 Å². The predicted octanol–water partition coefficient (Wildman–Crippen LogP) is 8.22. The van der Waals surface area contributed by atoms with Gasteiger partial charge >= 0.3 is 214 Å². The van der Waals surface area contributed by atoms with Crippen molar-refractivity contribution in [3.8, 4) is 0 Å². The summed E-state index contributed by atoms with van der Waals surface area (Å²) in [6.45, 7) is 2.29. The predicted molar refractivity (Wildman–Crippen MR) is 136 cm³/mol. The second-order valence-electron chi connectivity index (χ2n) is 9.71. The van der Waals surface area contributed by atoms with Gasteiger partial charge in [0.05, 0.1) is 0 Å². The number of halogens is 6. The molecule has 14 heteroatoms. The Hall–Kier alpha value is -0.130. The normalized spacial score (nSPS) is 15.2. The minimum atomic E-state index is -6.86. The van der Waals surface area contributed by atoms with E-state index in [4.69, 9.17) is 0 Å². The summed E-state index contributed by atoms with van der Waals surface area (Å²) in [5, 5.41) is 0. The van der Waals surface area contributed by atoms with Crippen molar-refractivity contribution < 1.29 is 43.2 Å². The van der Waals surface area contributed by atoms with E-state index >= 15 is 0 Å². The molecule has 0 aromatic rings. The van der Waals surface area contributed by atoms with E-state index in [1.54, 1.807) is 27.7 Å². The molecule has 220 valence electrons. The maximum atomic E-state index is 14.0. The molecule has 0 amide bonds. The number of alkyl halides is 6. The summed E-state index contributed by atoms with van der Waals surface area (Å²) in [5.41, 5.74) is -12.4. The number of unbranched alkanes of at least 4 members (excludes halogenated alkanes) is 8. The first kappa shape index (κ1) is 35.9. The molecule has 0 fully saturated rings. The van der Waals surface area contributed by atoms with E-state index in [1.807, 2.05) is 0 Å². The molecule has 0 saturated carbocycles. The topological polar surface area (TPSA) is 71.5 Å². The number of rotatable bonds is 19. The molecule has 0 rings (SSSR count). The molecule has 0 heterocycles. The van der Waals surface area contributed by atoms with Gasteiger partial charge in [-0.25, -0.2) is 0 Å². The van der Waals surface area contributed by atoms with Gasteiger partial charge in [0, 0.05) is 0 Å². The molecule has 0 atom stereocenters.